The summed E-state index contributed by atoms with van der Waals surface area (Å²) < 4.78 is 11.1. The van der Waals surface area contributed by atoms with E-state index in [4.69, 9.17) is 9.47 Å². The topological polar surface area (TPSA) is 125 Å². The number of hydrogen-bond donors (Lipinski definition) is 4. The van der Waals surface area contributed by atoms with Crippen LogP contribution in [0, 0.1) is 49.4 Å². The number of Topliss-reactive ketones (excluding diaryl/α,β-unsaturated/α-hetero) is 1. The largest absolute Gasteiger partial charge is 0.468 e. The van der Waals surface area contributed by atoms with E-state index in [0.29, 0.717) is 23.3 Å². The lowest BCUT2D eigenvalue weighted by Crippen LogP contribution is -2.29. The minimum absolute atomic E-state index is 0.00498. The summed E-state index contributed by atoms with van der Waals surface area (Å²) in [6.45, 7) is 26.6. The molecule has 7 atom stereocenters. The third-order valence-corrected chi connectivity index (χ3v) is 14.9. The summed E-state index contributed by atoms with van der Waals surface area (Å²) in [6, 6.07) is -0.250. The minimum Gasteiger partial charge on any atom is -0.468 e. The van der Waals surface area contributed by atoms with Crippen molar-refractivity contribution in [1.82, 2.24) is 20.6 Å². The molecule has 2 aromatic rings. The monoisotopic (exact) mass is 875 g/mol. The van der Waals surface area contributed by atoms with Crippen LogP contribution in [-0.2, 0) is 25.5 Å². The van der Waals surface area contributed by atoms with E-state index < -0.39 is 11.9 Å². The van der Waals surface area contributed by atoms with Crippen LogP contribution in [0.4, 0.5) is 0 Å². The van der Waals surface area contributed by atoms with E-state index >= 15 is 0 Å². The van der Waals surface area contributed by atoms with Gasteiger partial charge in [0.25, 0.3) is 0 Å². The molecule has 1 aliphatic carbocycles. The second kappa shape index (κ2) is 21.5. The van der Waals surface area contributed by atoms with Gasteiger partial charge in [0.2, 0.25) is 0 Å². The van der Waals surface area contributed by atoms with Crippen LogP contribution in [0.5, 0.6) is 0 Å². The zero-order chi connectivity index (χ0) is 46.4. The molecular formula is C55H78N4O5. The van der Waals surface area contributed by atoms with Crippen LogP contribution in [0.15, 0.2) is 52.9 Å². The number of hydrogen-bond acceptors (Lipinski definition) is 7. The summed E-state index contributed by atoms with van der Waals surface area (Å²) >= 11 is 0. The predicted molar refractivity (Wildman–Crippen MR) is 261 cm³/mol. The highest BCUT2D eigenvalue weighted by molar-refractivity contribution is 6.24. The third kappa shape index (κ3) is 10.7. The number of rotatable bonds is 20. The van der Waals surface area contributed by atoms with Gasteiger partial charge < -0.3 is 30.1 Å². The first-order valence-electron chi connectivity index (χ1n) is 24.5. The van der Waals surface area contributed by atoms with Crippen molar-refractivity contribution >= 4 is 35.4 Å². The molecule has 4 N–H and O–H groups in total. The molecule has 1 unspecified atom stereocenters. The van der Waals surface area contributed by atoms with Gasteiger partial charge in [-0.15, -0.1) is 0 Å². The molecule has 64 heavy (non-hydrogen) atoms. The number of aromatic amines is 2. The normalized spacial score (nSPS) is 25.5. The molecule has 8 bridgehead atoms. The van der Waals surface area contributed by atoms with Gasteiger partial charge in [0, 0.05) is 57.3 Å². The molecule has 0 aromatic carbocycles. The second-order valence-corrected chi connectivity index (χ2v) is 20.0. The lowest BCUT2D eigenvalue weighted by atomic mass is 9.83. The number of aromatic nitrogens is 2. The first-order valence-corrected chi connectivity index (χ1v) is 24.5. The zero-order valence-corrected chi connectivity index (χ0v) is 40.9. The Morgan fingerprint density at radius 1 is 0.891 bits per heavy atom. The highest BCUT2D eigenvalue weighted by Gasteiger charge is 2.49. The number of H-pyrrole nitrogens is 2. The van der Waals surface area contributed by atoms with Gasteiger partial charge in [0.15, 0.2) is 5.78 Å². The number of methoxy groups -OCH3 is 1. The van der Waals surface area contributed by atoms with Crippen LogP contribution in [0.2, 0.25) is 0 Å². The summed E-state index contributed by atoms with van der Waals surface area (Å²) in [7, 11) is 1.33. The molecular weight excluding hydrogens is 797 g/mol. The summed E-state index contributed by atoms with van der Waals surface area (Å²) in [6.07, 6.45) is 23.4. The number of nitrogens with one attached hydrogen (secondary N) is 4. The fraction of sp³-hybridized carbons (Fsp3) is 0.582. The van der Waals surface area contributed by atoms with E-state index in [0.717, 1.165) is 81.5 Å². The number of esters is 2. The standard InChI is InChI=1S/C55H78N4O5/c1-13-39-35(8)42-28-44-37(10)41(24-25-48(60)64-27-26-34(7)23-17-22-33(6)21-16-20-32(5)19-15-18-31(3)4)52(58-44)50-51(55(62)63-12)54(61)49-38(11)45(59-53(49)50)30-47-40(14-2)36(9)43(57-47)29-46(39)56-42/h13,26,28-33,37,41,44,46,51,56-59H,1,14-25,27H2,2-12H3/b34-26+,42-28-,43-29-,47-30-,52-50-/t32-,33-,37+,41+,44?,46+,51-/m1/s1. The van der Waals surface area contributed by atoms with E-state index in [9.17, 15) is 14.4 Å². The Labute approximate surface area is 383 Å². The number of fused-ring (bicyclic) bond motifs is 7. The Bertz CT molecular complexity index is 2330. The molecule has 0 amide bonds. The predicted octanol–water partition coefficient (Wildman–Crippen LogP) is 10.1. The van der Waals surface area contributed by atoms with Crippen molar-refractivity contribution in [2.45, 2.75) is 158 Å². The van der Waals surface area contributed by atoms with Gasteiger partial charge >= 0.3 is 11.9 Å². The average Bonchev–Trinajstić information content (AvgIpc) is 3.99. The third-order valence-electron chi connectivity index (χ3n) is 14.9. The maximum atomic E-state index is 14.4. The van der Waals surface area contributed by atoms with Gasteiger partial charge in [-0.25, -0.2) is 0 Å². The van der Waals surface area contributed by atoms with Gasteiger partial charge in [-0.1, -0.05) is 105 Å². The molecule has 348 valence electrons. The van der Waals surface area contributed by atoms with Crippen molar-refractivity contribution in [1.29, 1.82) is 0 Å². The molecule has 4 aliphatic rings. The van der Waals surface area contributed by atoms with Gasteiger partial charge in [-0.3, -0.25) is 14.4 Å². The molecule has 1 fully saturated rings. The number of allylic oxidation sites excluding steroid dienone is 3. The molecule has 3 aliphatic heterocycles. The molecule has 1 saturated heterocycles. The van der Waals surface area contributed by atoms with E-state index in [2.05, 4.69) is 108 Å². The fourth-order valence-electron chi connectivity index (χ4n) is 10.8. The number of carbonyl (C=O) groups excluding carboxylic acids is 3. The Morgan fingerprint density at radius 2 is 1.58 bits per heavy atom. The maximum Gasteiger partial charge on any atom is 0.321 e. The van der Waals surface area contributed by atoms with E-state index in [1.165, 1.54) is 68.8 Å². The van der Waals surface area contributed by atoms with E-state index in [-0.39, 0.29) is 48.7 Å². The molecule has 0 saturated carbocycles. The fourth-order valence-corrected chi connectivity index (χ4v) is 10.8. The molecule has 5 heterocycles. The van der Waals surface area contributed by atoms with E-state index in [1.807, 2.05) is 19.1 Å². The lowest BCUT2D eigenvalue weighted by molar-refractivity contribution is -0.143. The molecule has 6 rings (SSSR count). The molecule has 9 heteroatoms. The smallest absolute Gasteiger partial charge is 0.321 e. The van der Waals surface area contributed by atoms with Crippen molar-refractivity contribution in [2.75, 3.05) is 13.7 Å². The molecule has 2 aromatic heterocycles. The molecule has 0 spiro atoms. The summed E-state index contributed by atoms with van der Waals surface area (Å²) in [5.74, 6) is -0.0775. The SMILES string of the molecule is C=CC1=C(C)/C2=C/C3N/C(=C4\c5[nH]c(c(C)c5C(=O)[C@@H]4C(=O)OC)/C=c4\[nH]/c(c(C)c4CC)=C\[C@@H]1N2)[C@@H](CCC(=O)OC/C=C(\C)CCC[C@H](C)CCC[C@H](C)CCCC(C)C)[C@@H]3C. The van der Waals surface area contributed by atoms with Crippen molar-refractivity contribution in [2.24, 2.45) is 35.5 Å². The average molecular weight is 875 g/mol. The van der Waals surface area contributed by atoms with Gasteiger partial charge in [-0.2, -0.15) is 0 Å². The van der Waals surface area contributed by atoms with Crippen LogP contribution in [0.3, 0.4) is 0 Å². The Kier molecular flexibility index (Phi) is 16.3. The first-order chi connectivity index (χ1) is 30.6. The minimum atomic E-state index is -1.12. The number of ketones is 1. The van der Waals surface area contributed by atoms with Crippen molar-refractivity contribution in [3.05, 3.63) is 97.3 Å². The highest BCUT2D eigenvalue weighted by Crippen LogP contribution is 2.47. The van der Waals surface area contributed by atoms with E-state index in [1.54, 1.807) is 0 Å². The second-order valence-electron chi connectivity index (χ2n) is 20.0. The molecule has 9 nitrogen and oxygen atoms in total. The maximum absolute atomic E-state index is 14.4. The van der Waals surface area contributed by atoms with Gasteiger partial charge in [0.05, 0.1) is 18.8 Å². The Hall–Kier alpha value is -4.79. The van der Waals surface area contributed by atoms with Crippen molar-refractivity contribution in [3.8, 4) is 0 Å². The van der Waals surface area contributed by atoms with Crippen LogP contribution >= 0.6 is 0 Å². The van der Waals surface area contributed by atoms with Gasteiger partial charge in [0.1, 0.15) is 12.5 Å². The Balaban J connectivity index is 1.20. The highest BCUT2D eigenvalue weighted by atomic mass is 16.5. The number of carbonyl (C=O) groups is 3. The zero-order valence-electron chi connectivity index (χ0n) is 40.9. The quantitative estimate of drug-likeness (QED) is 0.0593. The van der Waals surface area contributed by atoms with Crippen LogP contribution < -0.4 is 21.3 Å². The van der Waals surface area contributed by atoms with Crippen LogP contribution in [0.1, 0.15) is 164 Å². The van der Waals surface area contributed by atoms with Crippen LogP contribution in [-0.4, -0.2) is 53.5 Å². The summed E-state index contributed by atoms with van der Waals surface area (Å²) in [4.78, 5) is 48.8. The van der Waals surface area contributed by atoms with Gasteiger partial charge in [-0.05, 0) is 129 Å². The van der Waals surface area contributed by atoms with Crippen LogP contribution in [0.25, 0.3) is 17.7 Å². The first kappa shape index (κ1) is 48.7. The molecule has 0 radical (unpaired) electrons. The lowest BCUT2D eigenvalue weighted by Gasteiger charge is -2.20. The summed E-state index contributed by atoms with van der Waals surface area (Å²) in [5, 5.41) is 9.59. The van der Waals surface area contributed by atoms with Crippen molar-refractivity contribution in [3.63, 3.8) is 0 Å². The number of ether oxygens (including phenoxy) is 2. The van der Waals surface area contributed by atoms with Crippen molar-refractivity contribution < 1.29 is 23.9 Å². The summed E-state index contributed by atoms with van der Waals surface area (Å²) in [5.41, 5.74) is 11.0. The Morgan fingerprint density at radius 3 is 2.23 bits per heavy atom.